The molecule has 1 aromatic rings. The second kappa shape index (κ2) is 6.46. The van der Waals surface area contributed by atoms with Crippen LogP contribution in [0.25, 0.3) is 0 Å². The van der Waals surface area contributed by atoms with E-state index in [2.05, 4.69) is 21.6 Å². The van der Waals surface area contributed by atoms with Gasteiger partial charge in [0.25, 0.3) is 0 Å². The SMILES string of the molecule is CC(=O)NC(C)c1cc(C)c(Cl)cc1N1CCNCC1. The molecule has 0 saturated carbocycles. The molecular weight excluding hydrogens is 274 g/mol. The number of nitrogens with one attached hydrogen (secondary N) is 2. The van der Waals surface area contributed by atoms with Crippen LogP contribution in [-0.4, -0.2) is 32.1 Å². The van der Waals surface area contributed by atoms with Crippen LogP contribution in [0, 0.1) is 6.92 Å². The Hall–Kier alpha value is -1.26. The minimum Gasteiger partial charge on any atom is -0.369 e. The highest BCUT2D eigenvalue weighted by atomic mass is 35.5. The third-order valence-corrected chi connectivity index (χ3v) is 4.06. The number of carbonyl (C=O) groups excluding carboxylic acids is 1. The summed E-state index contributed by atoms with van der Waals surface area (Å²) in [4.78, 5) is 13.6. The molecule has 0 bridgehead atoms. The number of hydrogen-bond acceptors (Lipinski definition) is 3. The van der Waals surface area contributed by atoms with Gasteiger partial charge in [0.05, 0.1) is 6.04 Å². The van der Waals surface area contributed by atoms with Crippen molar-refractivity contribution < 1.29 is 4.79 Å². The number of benzene rings is 1. The predicted molar refractivity (Wildman–Crippen MR) is 83.5 cm³/mol. The molecule has 1 aliphatic heterocycles. The third-order valence-electron chi connectivity index (χ3n) is 3.65. The fraction of sp³-hybridized carbons (Fsp3) is 0.533. The molecule has 1 aromatic carbocycles. The zero-order valence-electron chi connectivity index (χ0n) is 12.3. The van der Waals surface area contributed by atoms with Crippen molar-refractivity contribution in [2.45, 2.75) is 26.8 Å². The average Bonchev–Trinajstić information content (AvgIpc) is 2.41. The third kappa shape index (κ3) is 3.44. The van der Waals surface area contributed by atoms with Gasteiger partial charge in [0.2, 0.25) is 5.91 Å². The standard InChI is InChI=1S/C15H22ClN3O/c1-10-8-13(11(2)18-12(3)20)15(9-14(10)16)19-6-4-17-5-7-19/h8-9,11,17H,4-7H2,1-3H3,(H,18,20). The molecule has 1 heterocycles. The van der Waals surface area contributed by atoms with Crippen LogP contribution in [0.1, 0.15) is 31.0 Å². The van der Waals surface area contributed by atoms with Crippen LogP contribution in [0.5, 0.6) is 0 Å². The molecule has 2 N–H and O–H groups in total. The topological polar surface area (TPSA) is 44.4 Å². The number of nitrogens with zero attached hydrogens (tertiary/aromatic N) is 1. The van der Waals surface area contributed by atoms with E-state index in [0.717, 1.165) is 48.0 Å². The Balaban J connectivity index is 2.36. The van der Waals surface area contributed by atoms with Crippen LogP contribution in [0.2, 0.25) is 5.02 Å². The van der Waals surface area contributed by atoms with Gasteiger partial charge < -0.3 is 15.5 Å². The lowest BCUT2D eigenvalue weighted by atomic mass is 10.0. The summed E-state index contributed by atoms with van der Waals surface area (Å²) >= 11 is 6.29. The van der Waals surface area contributed by atoms with Gasteiger partial charge in [-0.15, -0.1) is 0 Å². The summed E-state index contributed by atoms with van der Waals surface area (Å²) in [7, 11) is 0. The number of aryl methyl sites for hydroxylation is 1. The molecule has 1 unspecified atom stereocenters. The molecule has 1 fully saturated rings. The molecule has 4 nitrogen and oxygen atoms in total. The van der Waals surface area contributed by atoms with Crippen LogP contribution in [0.4, 0.5) is 5.69 Å². The monoisotopic (exact) mass is 295 g/mol. The molecule has 110 valence electrons. The first-order valence-electron chi connectivity index (χ1n) is 7.02. The predicted octanol–water partition coefficient (Wildman–Crippen LogP) is 2.26. The molecule has 5 heteroatoms. The Morgan fingerprint density at radius 1 is 1.40 bits per heavy atom. The van der Waals surface area contributed by atoms with E-state index in [9.17, 15) is 4.79 Å². The summed E-state index contributed by atoms with van der Waals surface area (Å²) in [5.74, 6) is -0.0173. The van der Waals surface area contributed by atoms with Gasteiger partial charge in [0.1, 0.15) is 0 Å². The van der Waals surface area contributed by atoms with Crippen molar-refractivity contribution in [1.29, 1.82) is 0 Å². The Morgan fingerprint density at radius 2 is 2.05 bits per heavy atom. The van der Waals surface area contributed by atoms with E-state index in [4.69, 9.17) is 11.6 Å². The Labute approximate surface area is 125 Å². The van der Waals surface area contributed by atoms with Gasteiger partial charge in [0, 0.05) is 43.8 Å². The second-order valence-corrected chi connectivity index (χ2v) is 5.73. The summed E-state index contributed by atoms with van der Waals surface area (Å²) in [6.45, 7) is 9.41. The molecule has 2 rings (SSSR count). The van der Waals surface area contributed by atoms with E-state index < -0.39 is 0 Å². The van der Waals surface area contributed by atoms with Crippen molar-refractivity contribution >= 4 is 23.2 Å². The Kier molecular flexibility index (Phi) is 4.89. The van der Waals surface area contributed by atoms with Crippen LogP contribution in [0.15, 0.2) is 12.1 Å². The number of rotatable bonds is 3. The minimum absolute atomic E-state index is 0.0173. The zero-order valence-corrected chi connectivity index (χ0v) is 13.0. The molecule has 1 aliphatic rings. The molecule has 20 heavy (non-hydrogen) atoms. The minimum atomic E-state index is -0.0200. The number of amides is 1. The first-order valence-corrected chi connectivity index (χ1v) is 7.39. The highest BCUT2D eigenvalue weighted by molar-refractivity contribution is 6.31. The van der Waals surface area contributed by atoms with Gasteiger partial charge in [-0.1, -0.05) is 17.7 Å². The fourth-order valence-electron chi connectivity index (χ4n) is 2.60. The number of piperazine rings is 1. The van der Waals surface area contributed by atoms with E-state index in [1.54, 1.807) is 6.92 Å². The molecule has 1 saturated heterocycles. The number of hydrogen-bond donors (Lipinski definition) is 2. The van der Waals surface area contributed by atoms with Crippen LogP contribution in [-0.2, 0) is 4.79 Å². The fourth-order valence-corrected chi connectivity index (χ4v) is 2.76. The summed E-state index contributed by atoms with van der Waals surface area (Å²) in [6.07, 6.45) is 0. The van der Waals surface area contributed by atoms with Crippen LogP contribution in [0.3, 0.4) is 0 Å². The summed E-state index contributed by atoms with van der Waals surface area (Å²) in [5, 5.41) is 7.08. The van der Waals surface area contributed by atoms with E-state index in [0.29, 0.717) is 0 Å². The van der Waals surface area contributed by atoms with E-state index in [1.807, 2.05) is 19.9 Å². The maximum absolute atomic E-state index is 11.3. The van der Waals surface area contributed by atoms with Gasteiger partial charge in [-0.3, -0.25) is 4.79 Å². The average molecular weight is 296 g/mol. The van der Waals surface area contributed by atoms with E-state index in [1.165, 1.54) is 0 Å². The molecule has 1 amide bonds. The van der Waals surface area contributed by atoms with Gasteiger partial charge >= 0.3 is 0 Å². The molecule has 0 radical (unpaired) electrons. The van der Waals surface area contributed by atoms with E-state index in [-0.39, 0.29) is 11.9 Å². The number of anilines is 1. The van der Waals surface area contributed by atoms with Crippen LogP contribution < -0.4 is 15.5 Å². The van der Waals surface area contributed by atoms with Gasteiger partial charge in [-0.25, -0.2) is 0 Å². The largest absolute Gasteiger partial charge is 0.369 e. The molecule has 1 atom stereocenters. The van der Waals surface area contributed by atoms with Gasteiger partial charge in [0.15, 0.2) is 0 Å². The summed E-state index contributed by atoms with van der Waals surface area (Å²) < 4.78 is 0. The second-order valence-electron chi connectivity index (χ2n) is 5.32. The molecular formula is C15H22ClN3O. The molecule has 0 aliphatic carbocycles. The van der Waals surface area contributed by atoms with Crippen molar-refractivity contribution in [3.05, 3.63) is 28.3 Å². The van der Waals surface area contributed by atoms with Gasteiger partial charge in [-0.05, 0) is 31.0 Å². The van der Waals surface area contributed by atoms with Crippen molar-refractivity contribution in [2.24, 2.45) is 0 Å². The quantitative estimate of drug-likeness (QED) is 0.899. The zero-order chi connectivity index (χ0) is 14.7. The van der Waals surface area contributed by atoms with Crippen molar-refractivity contribution in [3.8, 4) is 0 Å². The Morgan fingerprint density at radius 3 is 2.65 bits per heavy atom. The smallest absolute Gasteiger partial charge is 0.217 e. The van der Waals surface area contributed by atoms with Crippen LogP contribution >= 0.6 is 11.6 Å². The first kappa shape index (κ1) is 15.1. The number of halogens is 1. The highest BCUT2D eigenvalue weighted by Gasteiger charge is 2.19. The van der Waals surface area contributed by atoms with Crippen molar-refractivity contribution in [2.75, 3.05) is 31.1 Å². The number of carbonyl (C=O) groups is 1. The lowest BCUT2D eigenvalue weighted by Crippen LogP contribution is -2.44. The summed E-state index contributed by atoms with van der Waals surface area (Å²) in [5.41, 5.74) is 3.30. The maximum Gasteiger partial charge on any atom is 0.217 e. The normalized spacial score (nSPS) is 16.9. The van der Waals surface area contributed by atoms with Crippen molar-refractivity contribution in [3.63, 3.8) is 0 Å². The Bertz CT molecular complexity index is 498. The molecule has 0 aromatic heterocycles. The lowest BCUT2D eigenvalue weighted by Gasteiger charge is -2.33. The molecule has 0 spiro atoms. The first-order chi connectivity index (χ1) is 9.49. The van der Waals surface area contributed by atoms with Gasteiger partial charge in [-0.2, -0.15) is 0 Å². The maximum atomic E-state index is 11.3. The van der Waals surface area contributed by atoms with E-state index >= 15 is 0 Å². The lowest BCUT2D eigenvalue weighted by molar-refractivity contribution is -0.119. The highest BCUT2D eigenvalue weighted by Crippen LogP contribution is 2.32. The van der Waals surface area contributed by atoms with Crippen molar-refractivity contribution in [1.82, 2.24) is 10.6 Å². The summed E-state index contributed by atoms with van der Waals surface area (Å²) in [6, 6.07) is 4.09.